The molecule has 0 radical (unpaired) electrons. The first-order valence-electron chi connectivity index (χ1n) is 13.0. The maximum Gasteiger partial charge on any atom is 0.234 e. The maximum absolute atomic E-state index is 13.8. The second kappa shape index (κ2) is 7.64. The van der Waals surface area contributed by atoms with Crippen LogP contribution in [0.5, 0.6) is 0 Å². The molecule has 2 aromatic rings. The number of carbonyl (C=O) groups excluding carboxylic acids is 3. The molecule has 178 valence electrons. The molecule has 5 heteroatoms. The van der Waals surface area contributed by atoms with Gasteiger partial charge in [0.2, 0.25) is 17.7 Å². The van der Waals surface area contributed by atoms with E-state index < -0.39 is 0 Å². The average Bonchev–Trinajstić information content (AvgIpc) is 3.48. The van der Waals surface area contributed by atoms with E-state index in [1.807, 2.05) is 36.4 Å². The van der Waals surface area contributed by atoms with Crippen LogP contribution in [0.2, 0.25) is 0 Å². The Kier molecular flexibility index (Phi) is 4.61. The molecule has 2 saturated heterocycles. The Morgan fingerprint density at radius 1 is 0.857 bits per heavy atom. The van der Waals surface area contributed by atoms with Crippen LogP contribution in [0.1, 0.15) is 30.4 Å². The predicted octanol–water partition coefficient (Wildman–Crippen LogP) is 3.87. The minimum atomic E-state index is -0.298. The highest BCUT2D eigenvalue weighted by molar-refractivity contribution is 6.06. The number of nitrogens with zero attached hydrogens (tertiary/aromatic N) is 2. The highest BCUT2D eigenvalue weighted by Crippen LogP contribution is 2.69. The zero-order valence-electron chi connectivity index (χ0n) is 19.9. The summed E-state index contributed by atoms with van der Waals surface area (Å²) in [6.45, 7) is 3.26. The van der Waals surface area contributed by atoms with Gasteiger partial charge in [0.15, 0.2) is 0 Å². The molecule has 2 saturated carbocycles. The lowest BCUT2D eigenvalue weighted by Crippen LogP contribution is -2.40. The number of hydrogen-bond acceptors (Lipinski definition) is 3. The predicted molar refractivity (Wildman–Crippen MR) is 131 cm³/mol. The van der Waals surface area contributed by atoms with Crippen molar-refractivity contribution in [2.75, 3.05) is 6.54 Å². The summed E-state index contributed by atoms with van der Waals surface area (Å²) in [4.78, 5) is 44.3. The smallest absolute Gasteiger partial charge is 0.234 e. The van der Waals surface area contributed by atoms with Gasteiger partial charge in [-0.25, -0.2) is 0 Å². The third-order valence-electron chi connectivity index (χ3n) is 9.49. The van der Waals surface area contributed by atoms with Crippen molar-refractivity contribution >= 4 is 17.7 Å². The molecule has 2 aliphatic heterocycles. The highest BCUT2D eigenvalue weighted by Gasteiger charge is 2.73. The van der Waals surface area contributed by atoms with Gasteiger partial charge in [0, 0.05) is 24.4 Å². The van der Waals surface area contributed by atoms with E-state index in [4.69, 9.17) is 0 Å². The summed E-state index contributed by atoms with van der Waals surface area (Å²) >= 11 is 0. The van der Waals surface area contributed by atoms with Crippen molar-refractivity contribution in [3.05, 3.63) is 83.9 Å². The van der Waals surface area contributed by atoms with E-state index in [-0.39, 0.29) is 65.2 Å². The third kappa shape index (κ3) is 3.03. The van der Waals surface area contributed by atoms with Gasteiger partial charge in [-0.1, -0.05) is 72.8 Å². The van der Waals surface area contributed by atoms with E-state index >= 15 is 0 Å². The number of rotatable bonds is 4. The molecule has 2 aromatic carbocycles. The van der Waals surface area contributed by atoms with Crippen LogP contribution in [0, 0.1) is 41.4 Å². The first-order valence-corrected chi connectivity index (χ1v) is 13.0. The summed E-state index contributed by atoms with van der Waals surface area (Å²) in [5.41, 5.74) is 2.27. The van der Waals surface area contributed by atoms with Crippen LogP contribution in [0.15, 0.2) is 72.8 Å². The molecule has 8 rings (SSSR count). The summed E-state index contributed by atoms with van der Waals surface area (Å²) in [5.74, 6) is 0.299. The Balaban J connectivity index is 1.10. The number of hydrogen-bond donors (Lipinski definition) is 0. The van der Waals surface area contributed by atoms with Gasteiger partial charge in [0.1, 0.15) is 0 Å². The van der Waals surface area contributed by atoms with Gasteiger partial charge in [-0.3, -0.25) is 19.3 Å². The molecule has 2 heterocycles. The minimum Gasteiger partial charge on any atom is -0.339 e. The van der Waals surface area contributed by atoms with E-state index in [0.29, 0.717) is 12.5 Å². The van der Waals surface area contributed by atoms with Gasteiger partial charge in [0.25, 0.3) is 0 Å². The Morgan fingerprint density at radius 2 is 1.43 bits per heavy atom. The lowest BCUT2D eigenvalue weighted by molar-refractivity contribution is -0.141. The van der Waals surface area contributed by atoms with Crippen molar-refractivity contribution in [1.82, 2.24) is 9.80 Å². The molecule has 8 atom stereocenters. The van der Waals surface area contributed by atoms with Crippen LogP contribution in [0.3, 0.4) is 0 Å². The van der Waals surface area contributed by atoms with Gasteiger partial charge < -0.3 is 4.90 Å². The molecule has 6 aliphatic rings. The lowest BCUT2D eigenvalue weighted by Gasteiger charge is -2.37. The first-order chi connectivity index (χ1) is 17.0. The van der Waals surface area contributed by atoms with Crippen molar-refractivity contribution in [1.29, 1.82) is 0 Å². The second-order valence-electron chi connectivity index (χ2n) is 11.2. The molecule has 8 unspecified atom stereocenters. The van der Waals surface area contributed by atoms with Gasteiger partial charge in [0.05, 0.1) is 18.4 Å². The topological polar surface area (TPSA) is 57.7 Å². The summed E-state index contributed by atoms with van der Waals surface area (Å²) in [7, 11) is 0. The Labute approximate surface area is 205 Å². The van der Waals surface area contributed by atoms with Crippen LogP contribution >= 0.6 is 0 Å². The molecular weight excluding hydrogens is 436 g/mol. The largest absolute Gasteiger partial charge is 0.339 e. The molecular formula is C30H30N2O3. The quantitative estimate of drug-likeness (QED) is 0.508. The molecule has 2 bridgehead atoms. The van der Waals surface area contributed by atoms with E-state index in [1.54, 1.807) is 0 Å². The highest BCUT2D eigenvalue weighted by atomic mass is 16.2. The molecule has 0 spiro atoms. The van der Waals surface area contributed by atoms with Crippen LogP contribution in [0.4, 0.5) is 0 Å². The van der Waals surface area contributed by atoms with Crippen LogP contribution in [0.25, 0.3) is 0 Å². The van der Waals surface area contributed by atoms with E-state index in [1.165, 1.54) is 10.5 Å². The number of allylic oxidation sites excluding steroid dienone is 2. The van der Waals surface area contributed by atoms with E-state index in [2.05, 4.69) is 48.2 Å². The van der Waals surface area contributed by atoms with Crippen LogP contribution in [-0.4, -0.2) is 40.1 Å². The summed E-state index contributed by atoms with van der Waals surface area (Å²) in [6, 6.07) is 20.4. The summed E-state index contributed by atoms with van der Waals surface area (Å²) < 4.78 is 0. The summed E-state index contributed by atoms with van der Waals surface area (Å²) in [6.07, 6.45) is 5.29. The zero-order chi connectivity index (χ0) is 23.8. The Bertz CT molecular complexity index is 1190. The molecule has 4 aliphatic carbocycles. The minimum absolute atomic E-state index is 0.00371. The molecule has 5 nitrogen and oxygen atoms in total. The lowest BCUT2D eigenvalue weighted by atomic mass is 9.63. The van der Waals surface area contributed by atoms with Crippen molar-refractivity contribution in [2.45, 2.75) is 31.8 Å². The fourth-order valence-corrected chi connectivity index (χ4v) is 7.91. The monoisotopic (exact) mass is 466 g/mol. The van der Waals surface area contributed by atoms with Gasteiger partial charge in [-0.15, -0.1) is 0 Å². The molecule has 0 N–H and O–H groups in total. The number of amides is 3. The first kappa shape index (κ1) is 21.1. The van der Waals surface area contributed by atoms with Crippen LogP contribution < -0.4 is 0 Å². The number of imide groups is 1. The van der Waals surface area contributed by atoms with Gasteiger partial charge >= 0.3 is 0 Å². The number of benzene rings is 2. The summed E-state index contributed by atoms with van der Waals surface area (Å²) in [5, 5.41) is 0. The third-order valence-corrected chi connectivity index (χ3v) is 9.49. The van der Waals surface area contributed by atoms with E-state index in [9.17, 15) is 14.4 Å². The normalized spacial score (nSPS) is 38.6. The Morgan fingerprint density at radius 3 is 2.03 bits per heavy atom. The zero-order valence-corrected chi connectivity index (χ0v) is 19.9. The molecule has 4 fully saturated rings. The maximum atomic E-state index is 13.8. The fraction of sp³-hybridized carbons (Fsp3) is 0.433. The van der Waals surface area contributed by atoms with Crippen molar-refractivity contribution in [2.24, 2.45) is 41.4 Å². The van der Waals surface area contributed by atoms with Gasteiger partial charge in [-0.05, 0) is 48.1 Å². The van der Waals surface area contributed by atoms with Crippen LogP contribution in [-0.2, 0) is 20.9 Å². The molecule has 0 aromatic heterocycles. The number of likely N-dealkylation sites (tertiary alicyclic amines) is 2. The van der Waals surface area contributed by atoms with Gasteiger partial charge in [-0.2, -0.15) is 0 Å². The molecule has 3 amide bonds. The SMILES string of the molecule is CC1CC(c2ccccc2)CN1C(=O)C1C2C3C=CC(C4C(=O)N(Cc5ccccc5)C(=O)C34)C12. The Hall–Kier alpha value is -3.21. The average molecular weight is 467 g/mol. The van der Waals surface area contributed by atoms with Crippen molar-refractivity contribution in [3.63, 3.8) is 0 Å². The van der Waals surface area contributed by atoms with Crippen molar-refractivity contribution < 1.29 is 14.4 Å². The number of carbonyl (C=O) groups is 3. The molecule has 35 heavy (non-hydrogen) atoms. The second-order valence-corrected chi connectivity index (χ2v) is 11.2. The fourth-order valence-electron chi connectivity index (χ4n) is 7.91. The van der Waals surface area contributed by atoms with Crippen molar-refractivity contribution in [3.8, 4) is 0 Å². The van der Waals surface area contributed by atoms with E-state index in [0.717, 1.165) is 18.5 Å². The standard InChI is InChI=1S/C30H30N2O3/c1-17-14-20(19-10-6-3-7-11-19)16-31(17)30(35)27-23-21-12-13-22(24(23)27)26-25(21)28(33)32(29(26)34)15-18-8-4-2-5-9-18/h2-13,17,20-27H,14-16H2,1H3.